The first-order chi connectivity index (χ1) is 8.70. The van der Waals surface area contributed by atoms with Crippen molar-refractivity contribution in [3.05, 3.63) is 23.3 Å². The number of rotatable bonds is 1. The van der Waals surface area contributed by atoms with Crippen LogP contribution in [0.1, 0.15) is 29.9 Å². The average Bonchev–Trinajstić information content (AvgIpc) is 2.37. The van der Waals surface area contributed by atoms with Crippen molar-refractivity contribution in [3.63, 3.8) is 0 Å². The molecule has 19 heavy (non-hydrogen) atoms. The topological polar surface area (TPSA) is 21.7 Å². The molecule has 4 heteroatoms. The number of methoxy groups -OCH3 is 1. The summed E-state index contributed by atoms with van der Waals surface area (Å²) in [6.45, 7) is 4.07. The first-order valence-electron chi connectivity index (χ1n) is 6.72. The molecule has 1 aromatic carbocycles. The maximum absolute atomic E-state index is 5.96. The predicted octanol–water partition coefficient (Wildman–Crippen LogP) is 3.00. The number of aryl methyl sites for hydroxylation is 1. The van der Waals surface area contributed by atoms with Crippen LogP contribution in [0.3, 0.4) is 0 Å². The van der Waals surface area contributed by atoms with Gasteiger partial charge in [0.1, 0.15) is 18.1 Å². The van der Waals surface area contributed by atoms with Crippen LogP contribution in [0.25, 0.3) is 0 Å². The van der Waals surface area contributed by atoms with E-state index in [1.807, 2.05) is 0 Å². The molecule has 2 aliphatic heterocycles. The molecule has 0 unspecified atom stereocenters. The molecule has 0 radical (unpaired) electrons. The molecule has 106 valence electrons. The predicted molar refractivity (Wildman–Crippen MR) is 78.9 cm³/mol. The van der Waals surface area contributed by atoms with Crippen LogP contribution in [0, 0.1) is 6.92 Å². The average molecular weight is 284 g/mol. The Morgan fingerprint density at radius 2 is 2.16 bits per heavy atom. The van der Waals surface area contributed by atoms with Gasteiger partial charge in [0.05, 0.1) is 13.2 Å². The van der Waals surface area contributed by atoms with Crippen molar-refractivity contribution < 1.29 is 9.47 Å². The third-order valence-corrected chi connectivity index (χ3v) is 4.31. The van der Waals surface area contributed by atoms with Crippen molar-refractivity contribution in [2.45, 2.75) is 31.7 Å². The summed E-state index contributed by atoms with van der Waals surface area (Å²) in [5, 5.41) is 0. The van der Waals surface area contributed by atoms with E-state index in [0.717, 1.165) is 18.1 Å². The summed E-state index contributed by atoms with van der Waals surface area (Å²) >= 11 is 0. The lowest BCUT2D eigenvalue weighted by atomic mass is 9.81. The quantitative estimate of drug-likeness (QED) is 0.791. The van der Waals surface area contributed by atoms with Crippen LogP contribution >= 0.6 is 12.4 Å². The fraction of sp³-hybridized carbons (Fsp3) is 0.600. The van der Waals surface area contributed by atoms with Crippen molar-refractivity contribution in [1.29, 1.82) is 0 Å². The van der Waals surface area contributed by atoms with Crippen LogP contribution < -0.4 is 9.47 Å². The zero-order valence-corrected chi connectivity index (χ0v) is 12.6. The van der Waals surface area contributed by atoms with E-state index in [0.29, 0.717) is 12.0 Å². The van der Waals surface area contributed by atoms with Gasteiger partial charge in [0, 0.05) is 11.5 Å². The Kier molecular flexibility index (Phi) is 4.26. The molecule has 0 spiro atoms. The van der Waals surface area contributed by atoms with E-state index >= 15 is 0 Å². The minimum Gasteiger partial charge on any atom is -0.496 e. The number of ether oxygens (including phenoxy) is 2. The van der Waals surface area contributed by atoms with Gasteiger partial charge in [0.25, 0.3) is 0 Å². The highest BCUT2D eigenvalue weighted by Crippen LogP contribution is 2.45. The molecule has 1 aromatic rings. The van der Waals surface area contributed by atoms with E-state index < -0.39 is 0 Å². The van der Waals surface area contributed by atoms with Gasteiger partial charge >= 0.3 is 0 Å². The summed E-state index contributed by atoms with van der Waals surface area (Å²) < 4.78 is 11.5. The molecular formula is C15H22ClNO2. The standard InChI is InChI=1S/C15H21NO2.ClH/c1-10-7-13(17-3)15-11-5-4-6-16(2)12(11)9-18-14(15)8-10;/h7-8,11-12H,4-6,9H2,1-3H3;1H/t11-,12+;/m1./s1. The monoisotopic (exact) mass is 283 g/mol. The minimum atomic E-state index is 0. The Bertz CT molecular complexity index is 446. The molecule has 0 aromatic heterocycles. The Morgan fingerprint density at radius 3 is 2.89 bits per heavy atom. The van der Waals surface area contributed by atoms with Crippen LogP contribution in [0.5, 0.6) is 11.5 Å². The van der Waals surface area contributed by atoms with Crippen LogP contribution in [0.4, 0.5) is 0 Å². The highest BCUT2D eigenvalue weighted by molar-refractivity contribution is 5.85. The van der Waals surface area contributed by atoms with Gasteiger partial charge in [-0.25, -0.2) is 0 Å². The van der Waals surface area contributed by atoms with E-state index in [1.54, 1.807) is 7.11 Å². The summed E-state index contributed by atoms with van der Waals surface area (Å²) in [7, 11) is 3.96. The van der Waals surface area contributed by atoms with Crippen LogP contribution in [-0.4, -0.2) is 38.3 Å². The van der Waals surface area contributed by atoms with E-state index in [-0.39, 0.29) is 12.4 Å². The minimum absolute atomic E-state index is 0. The van der Waals surface area contributed by atoms with Crippen molar-refractivity contribution in [1.82, 2.24) is 4.90 Å². The zero-order chi connectivity index (χ0) is 12.7. The molecule has 1 fully saturated rings. The summed E-state index contributed by atoms with van der Waals surface area (Å²) in [6.07, 6.45) is 2.50. The highest BCUT2D eigenvalue weighted by atomic mass is 35.5. The van der Waals surface area contributed by atoms with Gasteiger partial charge in [-0.05, 0) is 51.1 Å². The second-order valence-electron chi connectivity index (χ2n) is 5.49. The summed E-state index contributed by atoms with van der Waals surface area (Å²) in [4.78, 5) is 2.43. The van der Waals surface area contributed by atoms with Gasteiger partial charge in [0.2, 0.25) is 0 Å². The summed E-state index contributed by atoms with van der Waals surface area (Å²) in [6, 6.07) is 4.77. The number of nitrogens with zero attached hydrogens (tertiary/aromatic N) is 1. The number of benzene rings is 1. The zero-order valence-electron chi connectivity index (χ0n) is 11.8. The van der Waals surface area contributed by atoms with Crippen LogP contribution in [0.15, 0.2) is 12.1 Å². The number of likely N-dealkylation sites (tertiary alicyclic amines) is 1. The second kappa shape index (κ2) is 5.59. The maximum Gasteiger partial charge on any atom is 0.126 e. The molecule has 2 aliphatic rings. The lowest BCUT2D eigenvalue weighted by Gasteiger charge is -2.43. The number of fused-ring (bicyclic) bond motifs is 3. The second-order valence-corrected chi connectivity index (χ2v) is 5.49. The number of hydrogen-bond acceptors (Lipinski definition) is 3. The molecule has 3 rings (SSSR count). The van der Waals surface area contributed by atoms with Crippen molar-refractivity contribution in [2.75, 3.05) is 27.3 Å². The van der Waals surface area contributed by atoms with Gasteiger partial charge in [-0.3, -0.25) is 4.90 Å². The molecule has 0 N–H and O–H groups in total. The smallest absolute Gasteiger partial charge is 0.126 e. The lowest BCUT2D eigenvalue weighted by molar-refractivity contribution is 0.0852. The Balaban J connectivity index is 0.00000133. The first-order valence-corrected chi connectivity index (χ1v) is 6.72. The molecule has 0 amide bonds. The fourth-order valence-corrected chi connectivity index (χ4v) is 3.37. The van der Waals surface area contributed by atoms with Gasteiger partial charge in [-0.1, -0.05) is 0 Å². The summed E-state index contributed by atoms with van der Waals surface area (Å²) in [5.41, 5.74) is 2.49. The molecule has 0 bridgehead atoms. The first kappa shape index (κ1) is 14.5. The Morgan fingerprint density at radius 1 is 1.37 bits per heavy atom. The Hall–Kier alpha value is -0.930. The van der Waals surface area contributed by atoms with Gasteiger partial charge in [-0.15, -0.1) is 12.4 Å². The number of halogens is 1. The number of hydrogen-bond donors (Lipinski definition) is 0. The fourth-order valence-electron chi connectivity index (χ4n) is 3.37. The third-order valence-electron chi connectivity index (χ3n) is 4.31. The molecule has 0 saturated carbocycles. The lowest BCUT2D eigenvalue weighted by Crippen LogP contribution is -2.47. The van der Waals surface area contributed by atoms with Crippen molar-refractivity contribution >= 4 is 12.4 Å². The van der Waals surface area contributed by atoms with E-state index in [4.69, 9.17) is 9.47 Å². The van der Waals surface area contributed by atoms with Crippen molar-refractivity contribution in [3.8, 4) is 11.5 Å². The molecule has 3 nitrogen and oxygen atoms in total. The van der Waals surface area contributed by atoms with Crippen molar-refractivity contribution in [2.24, 2.45) is 0 Å². The SMILES string of the molecule is COc1cc(C)cc2c1[C@@H]1CCCN(C)[C@H]1CO2.Cl. The number of piperidine rings is 1. The molecule has 2 heterocycles. The molecular weight excluding hydrogens is 262 g/mol. The normalized spacial score (nSPS) is 25.6. The van der Waals surface area contributed by atoms with Gasteiger partial charge < -0.3 is 9.47 Å². The highest BCUT2D eigenvalue weighted by Gasteiger charge is 2.38. The largest absolute Gasteiger partial charge is 0.496 e. The van der Waals surface area contributed by atoms with Crippen LogP contribution in [0.2, 0.25) is 0 Å². The molecule has 0 aliphatic carbocycles. The number of likely N-dealkylation sites (N-methyl/N-ethyl adjacent to an activating group) is 1. The van der Waals surface area contributed by atoms with Gasteiger partial charge in [-0.2, -0.15) is 0 Å². The molecule has 2 atom stereocenters. The third kappa shape index (κ3) is 2.41. The van der Waals surface area contributed by atoms with E-state index in [9.17, 15) is 0 Å². The summed E-state index contributed by atoms with van der Waals surface area (Å²) in [5.74, 6) is 2.58. The van der Waals surface area contributed by atoms with E-state index in [2.05, 4.69) is 31.0 Å². The molecule has 1 saturated heterocycles. The Labute approximate surface area is 121 Å². The van der Waals surface area contributed by atoms with Crippen LogP contribution in [-0.2, 0) is 0 Å². The van der Waals surface area contributed by atoms with E-state index in [1.165, 1.54) is 30.5 Å². The maximum atomic E-state index is 5.96. The van der Waals surface area contributed by atoms with Gasteiger partial charge in [0.15, 0.2) is 0 Å².